The minimum atomic E-state index is 0.486. The Kier molecular flexibility index (Phi) is 6.10. The summed E-state index contributed by atoms with van der Waals surface area (Å²) in [6.07, 6.45) is 0. The summed E-state index contributed by atoms with van der Waals surface area (Å²) in [5, 5.41) is 7.18. The summed E-state index contributed by atoms with van der Waals surface area (Å²) >= 11 is 5.38. The van der Waals surface area contributed by atoms with Crippen LogP contribution in [0, 0.1) is 4.77 Å². The molecular formula is C23H22N4O2S. The van der Waals surface area contributed by atoms with Gasteiger partial charge in [-0.1, -0.05) is 66.7 Å². The lowest BCUT2D eigenvalue weighted by Crippen LogP contribution is -2.16. The van der Waals surface area contributed by atoms with Gasteiger partial charge in [0.15, 0.2) is 17.3 Å². The van der Waals surface area contributed by atoms with Gasteiger partial charge in [0, 0.05) is 5.56 Å². The molecule has 0 spiro atoms. The second-order valence-corrected chi connectivity index (χ2v) is 7.03. The second-order valence-electron chi connectivity index (χ2n) is 6.65. The lowest BCUT2D eigenvalue weighted by Gasteiger charge is -2.14. The predicted molar refractivity (Wildman–Crippen MR) is 120 cm³/mol. The van der Waals surface area contributed by atoms with E-state index in [0.717, 1.165) is 22.5 Å². The molecule has 4 aromatic rings. The lowest BCUT2D eigenvalue weighted by atomic mass is 10.2. The van der Waals surface area contributed by atoms with Gasteiger partial charge in [0.1, 0.15) is 6.61 Å². The van der Waals surface area contributed by atoms with Gasteiger partial charge in [0.05, 0.1) is 13.7 Å². The molecule has 0 fully saturated rings. The number of hydrogen-bond donors (Lipinski definition) is 2. The Bertz CT molecular complexity index is 1160. The monoisotopic (exact) mass is 418 g/mol. The highest BCUT2D eigenvalue weighted by atomic mass is 32.1. The average molecular weight is 419 g/mol. The highest BCUT2D eigenvalue weighted by molar-refractivity contribution is 7.71. The lowest BCUT2D eigenvalue weighted by molar-refractivity contribution is 0.284. The van der Waals surface area contributed by atoms with Crippen molar-refractivity contribution in [3.05, 3.63) is 94.8 Å². The number of ether oxygens (including phenoxy) is 2. The SMILES string of the molecule is COc1cc(CNn2c(-c3ccccc3)n[nH]c2=S)ccc1OCc1ccccc1. The molecule has 0 aliphatic heterocycles. The van der Waals surface area contributed by atoms with Crippen LogP contribution in [0.5, 0.6) is 11.5 Å². The first kappa shape index (κ1) is 19.7. The topological polar surface area (TPSA) is 64.1 Å². The second kappa shape index (κ2) is 9.28. The first-order valence-electron chi connectivity index (χ1n) is 9.55. The van der Waals surface area contributed by atoms with E-state index in [0.29, 0.717) is 29.4 Å². The molecule has 7 heteroatoms. The number of aromatic nitrogens is 3. The summed E-state index contributed by atoms with van der Waals surface area (Å²) in [5.41, 5.74) is 6.43. The van der Waals surface area contributed by atoms with Gasteiger partial charge in [-0.15, -0.1) is 0 Å². The molecule has 4 rings (SSSR count). The molecule has 3 aromatic carbocycles. The normalized spacial score (nSPS) is 10.6. The molecule has 0 amide bonds. The van der Waals surface area contributed by atoms with Crippen molar-refractivity contribution in [2.24, 2.45) is 0 Å². The number of rotatable bonds is 8. The number of benzene rings is 3. The summed E-state index contributed by atoms with van der Waals surface area (Å²) in [4.78, 5) is 0. The Labute approximate surface area is 180 Å². The van der Waals surface area contributed by atoms with E-state index in [1.165, 1.54) is 0 Å². The molecule has 152 valence electrons. The molecule has 0 radical (unpaired) electrons. The maximum Gasteiger partial charge on any atom is 0.214 e. The Morgan fingerprint density at radius 3 is 2.40 bits per heavy atom. The van der Waals surface area contributed by atoms with Crippen LogP contribution in [0.1, 0.15) is 11.1 Å². The number of nitrogens with one attached hydrogen (secondary N) is 2. The van der Waals surface area contributed by atoms with Gasteiger partial charge >= 0.3 is 0 Å². The van der Waals surface area contributed by atoms with E-state index in [9.17, 15) is 0 Å². The van der Waals surface area contributed by atoms with Crippen LogP contribution in [0.3, 0.4) is 0 Å². The molecule has 0 saturated carbocycles. The third kappa shape index (κ3) is 4.52. The van der Waals surface area contributed by atoms with E-state index in [-0.39, 0.29) is 0 Å². The third-order valence-corrected chi connectivity index (χ3v) is 4.88. The van der Waals surface area contributed by atoms with Gasteiger partial charge in [-0.3, -0.25) is 0 Å². The van der Waals surface area contributed by atoms with Crippen LogP contribution in [-0.2, 0) is 13.2 Å². The van der Waals surface area contributed by atoms with Gasteiger partial charge in [-0.05, 0) is 35.5 Å². The van der Waals surface area contributed by atoms with Crippen LogP contribution < -0.4 is 14.9 Å². The van der Waals surface area contributed by atoms with Crippen LogP contribution in [-0.4, -0.2) is 22.0 Å². The van der Waals surface area contributed by atoms with E-state index >= 15 is 0 Å². The van der Waals surface area contributed by atoms with Crippen LogP contribution >= 0.6 is 12.2 Å². The highest BCUT2D eigenvalue weighted by Gasteiger charge is 2.10. The molecule has 0 unspecified atom stereocenters. The van der Waals surface area contributed by atoms with Crippen LogP contribution in [0.25, 0.3) is 11.4 Å². The fourth-order valence-corrected chi connectivity index (χ4v) is 3.27. The number of nitrogens with zero attached hydrogens (tertiary/aromatic N) is 2. The Morgan fingerprint density at radius 2 is 1.67 bits per heavy atom. The van der Waals surface area contributed by atoms with Gasteiger partial charge in [-0.25, -0.2) is 9.77 Å². The smallest absolute Gasteiger partial charge is 0.214 e. The fraction of sp³-hybridized carbons (Fsp3) is 0.130. The number of methoxy groups -OCH3 is 1. The zero-order valence-electron chi connectivity index (χ0n) is 16.5. The quantitative estimate of drug-likeness (QED) is 0.397. The summed E-state index contributed by atoms with van der Waals surface area (Å²) in [6, 6.07) is 25.8. The minimum absolute atomic E-state index is 0.486. The first-order valence-corrected chi connectivity index (χ1v) is 9.96. The van der Waals surface area contributed by atoms with Crippen molar-refractivity contribution in [1.29, 1.82) is 0 Å². The number of aromatic amines is 1. The van der Waals surface area contributed by atoms with E-state index in [1.807, 2.05) is 78.9 Å². The van der Waals surface area contributed by atoms with Gasteiger partial charge in [0.2, 0.25) is 4.77 Å². The van der Waals surface area contributed by atoms with Gasteiger partial charge < -0.3 is 14.9 Å². The maximum atomic E-state index is 5.93. The molecule has 0 bridgehead atoms. The van der Waals surface area contributed by atoms with Crippen molar-refractivity contribution in [2.75, 3.05) is 12.5 Å². The third-order valence-electron chi connectivity index (χ3n) is 4.61. The van der Waals surface area contributed by atoms with E-state index in [2.05, 4.69) is 15.6 Å². The molecular weight excluding hydrogens is 396 g/mol. The zero-order valence-corrected chi connectivity index (χ0v) is 17.4. The standard InChI is InChI=1S/C23H22N4O2S/c1-28-21-14-18(12-13-20(21)29-16-17-8-4-2-5-9-17)15-24-27-22(25-26-23(27)30)19-10-6-3-7-11-19/h2-14,24H,15-16H2,1H3,(H,26,30). The van der Waals surface area contributed by atoms with Crippen molar-refractivity contribution in [3.8, 4) is 22.9 Å². The van der Waals surface area contributed by atoms with E-state index in [1.54, 1.807) is 11.8 Å². The molecule has 30 heavy (non-hydrogen) atoms. The van der Waals surface area contributed by atoms with Crippen molar-refractivity contribution in [3.63, 3.8) is 0 Å². The fourth-order valence-electron chi connectivity index (χ4n) is 3.07. The molecule has 2 N–H and O–H groups in total. The van der Waals surface area contributed by atoms with Crippen LogP contribution in [0.15, 0.2) is 78.9 Å². The molecule has 1 heterocycles. The Hall–Kier alpha value is -3.58. The highest BCUT2D eigenvalue weighted by Crippen LogP contribution is 2.29. The van der Waals surface area contributed by atoms with Gasteiger partial charge in [0.25, 0.3) is 0 Å². The first-order chi connectivity index (χ1) is 14.7. The van der Waals surface area contributed by atoms with Crippen molar-refractivity contribution >= 4 is 12.2 Å². The zero-order chi connectivity index (χ0) is 20.8. The summed E-state index contributed by atoms with van der Waals surface area (Å²) in [7, 11) is 1.64. The molecule has 0 atom stereocenters. The van der Waals surface area contributed by atoms with Crippen molar-refractivity contribution < 1.29 is 9.47 Å². The summed E-state index contributed by atoms with van der Waals surface area (Å²) in [5.74, 6) is 2.12. The van der Waals surface area contributed by atoms with Crippen LogP contribution in [0.4, 0.5) is 0 Å². The molecule has 0 saturated heterocycles. The average Bonchev–Trinajstić information content (AvgIpc) is 3.18. The molecule has 0 aliphatic rings. The Balaban J connectivity index is 1.47. The van der Waals surface area contributed by atoms with Gasteiger partial charge in [-0.2, -0.15) is 5.10 Å². The van der Waals surface area contributed by atoms with E-state index in [4.69, 9.17) is 21.7 Å². The van der Waals surface area contributed by atoms with Crippen LogP contribution in [0.2, 0.25) is 0 Å². The maximum absolute atomic E-state index is 5.93. The molecule has 0 aliphatic carbocycles. The van der Waals surface area contributed by atoms with E-state index < -0.39 is 0 Å². The van der Waals surface area contributed by atoms with Crippen molar-refractivity contribution in [1.82, 2.24) is 14.9 Å². The summed E-state index contributed by atoms with van der Waals surface area (Å²) in [6.45, 7) is 1.03. The predicted octanol–water partition coefficient (Wildman–Crippen LogP) is 4.94. The summed E-state index contributed by atoms with van der Waals surface area (Å²) < 4.78 is 13.7. The number of hydrogen-bond acceptors (Lipinski definition) is 5. The molecule has 1 aromatic heterocycles. The number of H-pyrrole nitrogens is 1. The Morgan fingerprint density at radius 1 is 0.933 bits per heavy atom. The molecule has 6 nitrogen and oxygen atoms in total. The largest absolute Gasteiger partial charge is 0.493 e. The minimum Gasteiger partial charge on any atom is -0.493 e. The van der Waals surface area contributed by atoms with Crippen molar-refractivity contribution in [2.45, 2.75) is 13.2 Å².